The molecule has 172 valence electrons. The summed E-state index contributed by atoms with van der Waals surface area (Å²) in [5.74, 6) is 0.241. The fourth-order valence-electron chi connectivity index (χ4n) is 5.03. The molecule has 2 fully saturated rings. The van der Waals surface area contributed by atoms with Gasteiger partial charge in [-0.15, -0.1) is 0 Å². The monoisotopic (exact) mass is 446 g/mol. The van der Waals surface area contributed by atoms with E-state index in [-0.39, 0.29) is 17.4 Å². The number of hydrogen-bond donors (Lipinski definition) is 1. The summed E-state index contributed by atoms with van der Waals surface area (Å²) >= 11 is 0. The van der Waals surface area contributed by atoms with E-state index in [1.54, 1.807) is 0 Å². The molecule has 7 nitrogen and oxygen atoms in total. The van der Waals surface area contributed by atoms with Gasteiger partial charge in [-0.2, -0.15) is 4.98 Å². The van der Waals surface area contributed by atoms with Gasteiger partial charge in [0.15, 0.2) is 5.58 Å². The van der Waals surface area contributed by atoms with Crippen LogP contribution in [0.5, 0.6) is 0 Å². The number of nitrogens with one attached hydrogen (secondary N) is 1. The van der Waals surface area contributed by atoms with Crippen LogP contribution in [0.2, 0.25) is 0 Å². The lowest BCUT2D eigenvalue weighted by atomic mass is 9.85. The van der Waals surface area contributed by atoms with Crippen molar-refractivity contribution in [2.45, 2.75) is 44.1 Å². The summed E-state index contributed by atoms with van der Waals surface area (Å²) in [7, 11) is 0. The number of hydrogen-bond acceptors (Lipinski definition) is 5. The lowest BCUT2D eigenvalue weighted by Crippen LogP contribution is -2.45. The second kappa shape index (κ2) is 9.25. The zero-order valence-corrected chi connectivity index (χ0v) is 18.8. The van der Waals surface area contributed by atoms with Crippen molar-refractivity contribution in [1.82, 2.24) is 15.2 Å². The summed E-state index contributed by atoms with van der Waals surface area (Å²) in [6.07, 6.45) is 4.05. The maximum atomic E-state index is 13.1. The Kier molecular flexibility index (Phi) is 6.03. The van der Waals surface area contributed by atoms with Crippen LogP contribution >= 0.6 is 0 Å². The first-order valence-corrected chi connectivity index (χ1v) is 11.8. The first-order valence-electron chi connectivity index (χ1n) is 11.8. The van der Waals surface area contributed by atoms with Crippen LogP contribution in [0.1, 0.15) is 37.7 Å². The number of carbonyl (C=O) groups excluding carboxylic acids is 2. The molecule has 2 amide bonds. The smallest absolute Gasteiger partial charge is 0.298 e. The number of fused-ring (bicyclic) bond motifs is 1. The molecule has 3 heterocycles. The predicted molar refractivity (Wildman–Crippen MR) is 127 cm³/mol. The zero-order chi connectivity index (χ0) is 22.7. The van der Waals surface area contributed by atoms with Crippen molar-refractivity contribution >= 4 is 28.9 Å². The third kappa shape index (κ3) is 4.87. The number of nitrogens with zero attached hydrogens (tertiary/aromatic N) is 3. The van der Waals surface area contributed by atoms with E-state index < -0.39 is 0 Å². The minimum Gasteiger partial charge on any atom is -0.423 e. The van der Waals surface area contributed by atoms with E-state index in [1.807, 2.05) is 47.4 Å². The molecule has 33 heavy (non-hydrogen) atoms. The number of carbonyl (C=O) groups is 2. The number of benzene rings is 2. The molecule has 0 radical (unpaired) electrons. The molecule has 0 aliphatic carbocycles. The number of para-hydroxylation sites is 2. The molecule has 1 aromatic heterocycles. The lowest BCUT2D eigenvalue weighted by molar-refractivity contribution is -0.131. The molecule has 1 N–H and O–H groups in total. The van der Waals surface area contributed by atoms with E-state index in [4.69, 9.17) is 4.42 Å². The second-order valence-corrected chi connectivity index (χ2v) is 9.18. The summed E-state index contributed by atoms with van der Waals surface area (Å²) < 4.78 is 5.92. The quantitative estimate of drug-likeness (QED) is 0.627. The molecule has 0 spiro atoms. The van der Waals surface area contributed by atoms with Crippen LogP contribution in [0.25, 0.3) is 11.1 Å². The Balaban J connectivity index is 1.20. The molecular formula is C26H30N4O3. The Hall–Kier alpha value is -3.35. The van der Waals surface area contributed by atoms with E-state index >= 15 is 0 Å². The van der Waals surface area contributed by atoms with Crippen LogP contribution < -0.4 is 10.2 Å². The maximum Gasteiger partial charge on any atom is 0.298 e. The molecule has 7 heteroatoms. The van der Waals surface area contributed by atoms with E-state index in [0.717, 1.165) is 43.5 Å². The topological polar surface area (TPSA) is 78.7 Å². The highest BCUT2D eigenvalue weighted by Crippen LogP contribution is 2.30. The van der Waals surface area contributed by atoms with Gasteiger partial charge in [-0.05, 0) is 43.4 Å². The van der Waals surface area contributed by atoms with Gasteiger partial charge in [-0.3, -0.25) is 9.59 Å². The number of amides is 2. The molecule has 0 saturated carbocycles. The van der Waals surface area contributed by atoms with E-state index in [2.05, 4.69) is 27.3 Å². The van der Waals surface area contributed by atoms with Crippen molar-refractivity contribution in [1.29, 1.82) is 0 Å². The van der Waals surface area contributed by atoms with Gasteiger partial charge in [0.05, 0.1) is 0 Å². The lowest BCUT2D eigenvalue weighted by Gasteiger charge is -2.30. The number of aromatic nitrogens is 1. The van der Waals surface area contributed by atoms with E-state index in [0.29, 0.717) is 38.4 Å². The van der Waals surface area contributed by atoms with Crippen molar-refractivity contribution in [2.24, 2.45) is 0 Å². The molecule has 2 aliphatic heterocycles. The summed E-state index contributed by atoms with van der Waals surface area (Å²) in [6, 6.07) is 18.6. The van der Waals surface area contributed by atoms with Crippen LogP contribution in [-0.2, 0) is 16.0 Å². The van der Waals surface area contributed by atoms with Gasteiger partial charge in [0.1, 0.15) is 5.52 Å². The summed E-state index contributed by atoms with van der Waals surface area (Å²) in [5, 5.41) is 3.19. The van der Waals surface area contributed by atoms with E-state index in [9.17, 15) is 9.59 Å². The Labute approximate surface area is 193 Å². The summed E-state index contributed by atoms with van der Waals surface area (Å²) in [6.45, 7) is 2.89. The highest BCUT2D eigenvalue weighted by atomic mass is 16.4. The number of rotatable bonds is 6. The molecule has 5 rings (SSSR count). The fraction of sp³-hybridized carbons (Fsp3) is 0.423. The van der Waals surface area contributed by atoms with Gasteiger partial charge in [0, 0.05) is 44.6 Å². The highest BCUT2D eigenvalue weighted by Gasteiger charge is 2.38. The normalized spacial score (nSPS) is 21.3. The Morgan fingerprint density at radius 1 is 1.03 bits per heavy atom. The van der Waals surface area contributed by atoms with Gasteiger partial charge in [-0.25, -0.2) is 0 Å². The van der Waals surface area contributed by atoms with Crippen LogP contribution in [0.3, 0.4) is 0 Å². The standard InChI is InChI=1S/C26H30N4O3/c31-23-11-13-26(28-23,19-20-7-2-1-3-8-20)14-12-24(32)29-15-6-16-30(18-17-29)25-27-21-9-4-5-10-22(21)33-25/h1-5,7-10H,6,11-19H2,(H,28,31)/t26-/m0/s1. The molecule has 2 aromatic carbocycles. The van der Waals surface area contributed by atoms with Gasteiger partial charge in [0.25, 0.3) is 6.01 Å². The molecule has 1 atom stereocenters. The van der Waals surface area contributed by atoms with Crippen molar-refractivity contribution in [2.75, 3.05) is 31.1 Å². The Morgan fingerprint density at radius 3 is 2.64 bits per heavy atom. The van der Waals surface area contributed by atoms with Gasteiger partial charge in [0.2, 0.25) is 11.8 Å². The molecule has 2 saturated heterocycles. The van der Waals surface area contributed by atoms with Gasteiger partial charge in [-0.1, -0.05) is 42.5 Å². The third-order valence-electron chi connectivity index (χ3n) is 6.84. The van der Waals surface area contributed by atoms with Gasteiger partial charge < -0.3 is 19.5 Å². The number of oxazole rings is 1. The first-order chi connectivity index (χ1) is 16.1. The predicted octanol–water partition coefficient (Wildman–Crippen LogP) is 3.54. The second-order valence-electron chi connectivity index (χ2n) is 9.18. The van der Waals surface area contributed by atoms with Crippen molar-refractivity contribution in [3.05, 3.63) is 60.2 Å². The average molecular weight is 447 g/mol. The molecular weight excluding hydrogens is 416 g/mol. The Bertz CT molecular complexity index is 1100. The molecule has 0 unspecified atom stereocenters. The number of anilines is 1. The fourth-order valence-corrected chi connectivity index (χ4v) is 5.03. The first kappa shape index (κ1) is 21.5. The zero-order valence-electron chi connectivity index (χ0n) is 18.8. The average Bonchev–Trinajstić information content (AvgIpc) is 3.33. The summed E-state index contributed by atoms with van der Waals surface area (Å²) in [4.78, 5) is 33.9. The molecule has 2 aliphatic rings. The maximum absolute atomic E-state index is 13.1. The largest absolute Gasteiger partial charge is 0.423 e. The van der Waals surface area contributed by atoms with Crippen molar-refractivity contribution < 1.29 is 14.0 Å². The van der Waals surface area contributed by atoms with Crippen LogP contribution in [0, 0.1) is 0 Å². The summed E-state index contributed by atoms with van der Waals surface area (Å²) in [5.41, 5.74) is 2.50. The van der Waals surface area contributed by atoms with Crippen molar-refractivity contribution in [3.8, 4) is 0 Å². The van der Waals surface area contributed by atoms with Gasteiger partial charge >= 0.3 is 0 Å². The minimum atomic E-state index is -0.329. The minimum absolute atomic E-state index is 0.0853. The van der Waals surface area contributed by atoms with Crippen LogP contribution in [-0.4, -0.2) is 53.4 Å². The molecule has 3 aromatic rings. The van der Waals surface area contributed by atoms with Crippen molar-refractivity contribution in [3.63, 3.8) is 0 Å². The van der Waals surface area contributed by atoms with Crippen LogP contribution in [0.4, 0.5) is 6.01 Å². The Morgan fingerprint density at radius 2 is 1.85 bits per heavy atom. The van der Waals surface area contributed by atoms with E-state index in [1.165, 1.54) is 5.56 Å². The van der Waals surface area contributed by atoms with Crippen LogP contribution in [0.15, 0.2) is 59.0 Å². The molecule has 0 bridgehead atoms. The third-order valence-corrected chi connectivity index (χ3v) is 6.84. The SMILES string of the molecule is O=C1CC[C@](CCC(=O)N2CCCN(c3nc4ccccc4o3)CC2)(Cc2ccccc2)N1. The highest BCUT2D eigenvalue weighted by molar-refractivity contribution is 5.80.